The molecule has 1 aliphatic rings. The summed E-state index contributed by atoms with van der Waals surface area (Å²) in [6, 6.07) is 12.1. The predicted molar refractivity (Wildman–Crippen MR) is 97.8 cm³/mol. The van der Waals surface area contributed by atoms with Crippen molar-refractivity contribution < 1.29 is 4.79 Å². The third kappa shape index (κ3) is 3.66. The van der Waals surface area contributed by atoms with Gasteiger partial charge < -0.3 is 5.32 Å². The average Bonchev–Trinajstić information content (AvgIpc) is 2.59. The second-order valence-corrected chi connectivity index (χ2v) is 7.14. The maximum atomic E-state index is 12.5. The van der Waals surface area contributed by atoms with Crippen LogP contribution in [-0.4, -0.2) is 16.9 Å². The molecule has 126 valence electrons. The lowest BCUT2D eigenvalue weighted by Crippen LogP contribution is -2.43. The SMILES string of the molecule is Cc1ccnc(-c2ccc(C(=O)NC3CCCC(C)C3C)cc2)c1. The zero-order valence-corrected chi connectivity index (χ0v) is 14.8. The van der Waals surface area contributed by atoms with Crippen molar-refractivity contribution in [3.8, 4) is 11.3 Å². The van der Waals surface area contributed by atoms with Gasteiger partial charge in [0, 0.05) is 23.4 Å². The van der Waals surface area contributed by atoms with Gasteiger partial charge in [0.2, 0.25) is 0 Å². The van der Waals surface area contributed by atoms with E-state index in [2.05, 4.69) is 37.1 Å². The van der Waals surface area contributed by atoms with E-state index in [0.717, 1.165) is 23.2 Å². The van der Waals surface area contributed by atoms with E-state index < -0.39 is 0 Å². The van der Waals surface area contributed by atoms with Crippen LogP contribution in [0.2, 0.25) is 0 Å². The van der Waals surface area contributed by atoms with E-state index in [9.17, 15) is 4.79 Å². The summed E-state index contributed by atoms with van der Waals surface area (Å²) in [5.41, 5.74) is 3.88. The van der Waals surface area contributed by atoms with E-state index in [-0.39, 0.29) is 5.91 Å². The fourth-order valence-electron chi connectivity index (χ4n) is 3.52. The second kappa shape index (κ2) is 7.16. The molecule has 0 bridgehead atoms. The number of aryl methyl sites for hydroxylation is 1. The maximum absolute atomic E-state index is 12.5. The van der Waals surface area contributed by atoms with E-state index in [1.807, 2.05) is 36.5 Å². The van der Waals surface area contributed by atoms with Crippen LogP contribution in [0, 0.1) is 18.8 Å². The molecule has 3 rings (SSSR count). The molecule has 1 fully saturated rings. The molecule has 1 aliphatic carbocycles. The van der Waals surface area contributed by atoms with Gasteiger partial charge in [0.15, 0.2) is 0 Å². The van der Waals surface area contributed by atoms with Crippen LogP contribution >= 0.6 is 0 Å². The average molecular weight is 322 g/mol. The molecule has 1 aromatic carbocycles. The zero-order chi connectivity index (χ0) is 17.1. The fraction of sp³-hybridized carbons (Fsp3) is 0.429. The first-order valence-corrected chi connectivity index (χ1v) is 8.88. The molecule has 3 atom stereocenters. The normalized spacial score (nSPS) is 23.7. The highest BCUT2D eigenvalue weighted by atomic mass is 16.1. The van der Waals surface area contributed by atoms with Gasteiger partial charge >= 0.3 is 0 Å². The number of hydrogen-bond acceptors (Lipinski definition) is 2. The van der Waals surface area contributed by atoms with Crippen molar-refractivity contribution in [1.29, 1.82) is 0 Å². The molecule has 3 unspecified atom stereocenters. The van der Waals surface area contributed by atoms with E-state index in [4.69, 9.17) is 0 Å². The number of carbonyl (C=O) groups excluding carboxylic acids is 1. The van der Waals surface area contributed by atoms with Crippen LogP contribution in [0.25, 0.3) is 11.3 Å². The summed E-state index contributed by atoms with van der Waals surface area (Å²) in [7, 11) is 0. The zero-order valence-electron chi connectivity index (χ0n) is 14.8. The minimum absolute atomic E-state index is 0.0321. The predicted octanol–water partition coefficient (Wildman–Crippen LogP) is 4.61. The highest BCUT2D eigenvalue weighted by molar-refractivity contribution is 5.94. The molecule has 0 aliphatic heterocycles. The number of benzene rings is 1. The summed E-state index contributed by atoms with van der Waals surface area (Å²) in [6.45, 7) is 6.59. The molecule has 0 radical (unpaired) electrons. The first-order valence-electron chi connectivity index (χ1n) is 8.88. The van der Waals surface area contributed by atoms with Crippen molar-refractivity contribution in [3.63, 3.8) is 0 Å². The molecule has 3 nitrogen and oxygen atoms in total. The first-order chi connectivity index (χ1) is 11.5. The van der Waals surface area contributed by atoms with Gasteiger partial charge in [-0.3, -0.25) is 9.78 Å². The summed E-state index contributed by atoms with van der Waals surface area (Å²) in [5.74, 6) is 1.25. The summed E-state index contributed by atoms with van der Waals surface area (Å²) in [5, 5.41) is 3.23. The van der Waals surface area contributed by atoms with E-state index >= 15 is 0 Å². The van der Waals surface area contributed by atoms with Crippen molar-refractivity contribution in [1.82, 2.24) is 10.3 Å². The summed E-state index contributed by atoms with van der Waals surface area (Å²) < 4.78 is 0. The number of nitrogens with one attached hydrogen (secondary N) is 1. The molecule has 2 aromatic rings. The quantitative estimate of drug-likeness (QED) is 0.896. The van der Waals surface area contributed by atoms with Crippen LogP contribution in [0.15, 0.2) is 42.6 Å². The van der Waals surface area contributed by atoms with Gasteiger partial charge in [0.05, 0.1) is 5.69 Å². The first kappa shape index (κ1) is 16.7. The highest BCUT2D eigenvalue weighted by Crippen LogP contribution is 2.29. The van der Waals surface area contributed by atoms with Crippen molar-refractivity contribution in [3.05, 3.63) is 53.7 Å². The van der Waals surface area contributed by atoms with Gasteiger partial charge in [0.25, 0.3) is 5.91 Å². The molecular weight excluding hydrogens is 296 g/mol. The van der Waals surface area contributed by atoms with Crippen molar-refractivity contribution in [2.75, 3.05) is 0 Å². The van der Waals surface area contributed by atoms with Crippen LogP contribution in [0.4, 0.5) is 0 Å². The minimum atomic E-state index is 0.0321. The smallest absolute Gasteiger partial charge is 0.251 e. The van der Waals surface area contributed by atoms with Crippen molar-refractivity contribution >= 4 is 5.91 Å². The van der Waals surface area contributed by atoms with Crippen LogP contribution in [-0.2, 0) is 0 Å². The van der Waals surface area contributed by atoms with Gasteiger partial charge in [-0.15, -0.1) is 0 Å². The molecule has 1 N–H and O–H groups in total. The lowest BCUT2D eigenvalue weighted by Gasteiger charge is -2.34. The van der Waals surface area contributed by atoms with Crippen molar-refractivity contribution in [2.45, 2.75) is 46.1 Å². The largest absolute Gasteiger partial charge is 0.349 e. The summed E-state index contributed by atoms with van der Waals surface area (Å²) in [6.07, 6.45) is 5.37. The third-order valence-electron chi connectivity index (χ3n) is 5.38. The van der Waals surface area contributed by atoms with E-state index in [0.29, 0.717) is 17.9 Å². The summed E-state index contributed by atoms with van der Waals surface area (Å²) in [4.78, 5) is 16.9. The van der Waals surface area contributed by atoms with E-state index in [1.165, 1.54) is 18.4 Å². The Morgan fingerprint density at radius 1 is 1.12 bits per heavy atom. The van der Waals surface area contributed by atoms with Crippen molar-refractivity contribution in [2.24, 2.45) is 11.8 Å². The fourth-order valence-corrected chi connectivity index (χ4v) is 3.52. The third-order valence-corrected chi connectivity index (χ3v) is 5.38. The Bertz CT molecular complexity index is 708. The molecule has 3 heteroatoms. The Morgan fingerprint density at radius 2 is 1.88 bits per heavy atom. The second-order valence-electron chi connectivity index (χ2n) is 7.14. The lowest BCUT2D eigenvalue weighted by molar-refractivity contribution is 0.0891. The number of amides is 1. The lowest BCUT2D eigenvalue weighted by atomic mass is 9.78. The number of hydrogen-bond donors (Lipinski definition) is 1. The van der Waals surface area contributed by atoms with Crippen LogP contribution in [0.1, 0.15) is 49.0 Å². The molecule has 1 heterocycles. The van der Waals surface area contributed by atoms with Crippen LogP contribution < -0.4 is 5.32 Å². The van der Waals surface area contributed by atoms with Crippen LogP contribution in [0.5, 0.6) is 0 Å². The van der Waals surface area contributed by atoms with Gasteiger partial charge in [-0.05, 0) is 55.0 Å². The number of aromatic nitrogens is 1. The van der Waals surface area contributed by atoms with E-state index in [1.54, 1.807) is 0 Å². The molecule has 24 heavy (non-hydrogen) atoms. The number of pyridine rings is 1. The van der Waals surface area contributed by atoms with Gasteiger partial charge in [-0.1, -0.05) is 38.8 Å². The van der Waals surface area contributed by atoms with Gasteiger partial charge in [0.1, 0.15) is 0 Å². The molecular formula is C21H26N2O. The van der Waals surface area contributed by atoms with Gasteiger partial charge in [-0.2, -0.15) is 0 Å². The molecule has 1 amide bonds. The Kier molecular flexibility index (Phi) is 4.98. The highest BCUT2D eigenvalue weighted by Gasteiger charge is 2.28. The Balaban J connectivity index is 1.70. The standard InChI is InChI=1S/C21H26N2O/c1-14-11-12-22-20(13-14)17-7-9-18(10-8-17)21(24)23-19-6-4-5-15(2)16(19)3/h7-13,15-16,19H,4-6H2,1-3H3,(H,23,24). The minimum Gasteiger partial charge on any atom is -0.349 e. The Morgan fingerprint density at radius 3 is 2.58 bits per heavy atom. The number of nitrogens with zero attached hydrogens (tertiary/aromatic N) is 1. The Labute approximate surface area is 144 Å². The van der Waals surface area contributed by atoms with Crippen LogP contribution in [0.3, 0.4) is 0 Å². The topological polar surface area (TPSA) is 42.0 Å². The van der Waals surface area contributed by atoms with Gasteiger partial charge in [-0.25, -0.2) is 0 Å². The molecule has 1 saturated carbocycles. The number of rotatable bonds is 3. The molecule has 1 aromatic heterocycles. The molecule has 0 spiro atoms. The Hall–Kier alpha value is -2.16. The molecule has 0 saturated heterocycles. The maximum Gasteiger partial charge on any atom is 0.251 e. The summed E-state index contributed by atoms with van der Waals surface area (Å²) >= 11 is 0. The number of carbonyl (C=O) groups is 1. The monoisotopic (exact) mass is 322 g/mol.